The van der Waals surface area contributed by atoms with Gasteiger partial charge in [-0.1, -0.05) is 60.5 Å². The van der Waals surface area contributed by atoms with E-state index in [9.17, 15) is 43.8 Å². The molecule has 0 spiro atoms. The molecule has 4 heterocycles. The van der Waals surface area contributed by atoms with Crippen molar-refractivity contribution >= 4 is 17.9 Å². The first-order valence-corrected chi connectivity index (χ1v) is 19.0. The summed E-state index contributed by atoms with van der Waals surface area (Å²) in [4.78, 5) is 95.9. The lowest BCUT2D eigenvalue weighted by Crippen LogP contribution is -2.53. The van der Waals surface area contributed by atoms with Crippen molar-refractivity contribution in [3.63, 3.8) is 0 Å². The van der Waals surface area contributed by atoms with Gasteiger partial charge < -0.3 is 38.6 Å². The summed E-state index contributed by atoms with van der Waals surface area (Å²) in [5.74, 6) is 1.59. The number of hydrogen-bond acceptors (Lipinski definition) is 15. The first kappa shape index (κ1) is 43.4. The molecule has 3 aromatic carbocycles. The normalized spacial score (nSPS) is 25.0. The highest BCUT2D eigenvalue weighted by molar-refractivity contribution is 5.91. The van der Waals surface area contributed by atoms with Crippen molar-refractivity contribution in [2.75, 3.05) is 13.2 Å². The number of aliphatic hydroxyl groups excluding tert-OH is 1. The number of aromatic amines is 2. The second-order valence-electron chi connectivity index (χ2n) is 14.2. The molecule has 19 nitrogen and oxygen atoms in total. The number of benzene rings is 3. The van der Waals surface area contributed by atoms with Gasteiger partial charge in [-0.05, 0) is 42.3 Å². The fourth-order valence-electron chi connectivity index (χ4n) is 7.01. The predicted octanol–water partition coefficient (Wildman–Crippen LogP) is 0.435. The van der Waals surface area contributed by atoms with E-state index >= 15 is 0 Å². The summed E-state index contributed by atoms with van der Waals surface area (Å²) >= 11 is 0. The van der Waals surface area contributed by atoms with Crippen LogP contribution in [0.15, 0.2) is 129 Å². The quantitative estimate of drug-likeness (QED) is 0.0712. The Morgan fingerprint density at radius 2 is 1.29 bits per heavy atom. The van der Waals surface area contributed by atoms with Crippen LogP contribution in [0.5, 0.6) is 0 Å². The number of nitrogens with zero attached hydrogens (tertiary/aromatic N) is 2. The number of ether oxygens (including phenoxy) is 6. The van der Waals surface area contributed by atoms with Gasteiger partial charge in [0.1, 0.15) is 24.9 Å². The smallest absolute Gasteiger partial charge is 0.339 e. The van der Waals surface area contributed by atoms with Crippen molar-refractivity contribution < 1.29 is 53.0 Å². The minimum absolute atomic E-state index is 0.00147. The highest BCUT2D eigenvalue weighted by atomic mass is 16.7. The topological polar surface area (TPSA) is 257 Å². The van der Waals surface area contributed by atoms with Gasteiger partial charge in [0.05, 0.1) is 35.5 Å². The molecular formula is C44H36N4O15. The molecular weight excluding hydrogens is 824 g/mol. The molecule has 2 aliphatic rings. The van der Waals surface area contributed by atoms with Crippen molar-refractivity contribution in [1.82, 2.24) is 19.1 Å². The third-order valence-electron chi connectivity index (χ3n) is 10.2. The van der Waals surface area contributed by atoms with Crippen LogP contribution in [-0.4, -0.2) is 96.1 Å². The summed E-state index contributed by atoms with van der Waals surface area (Å²) in [7, 11) is 0. The molecule has 4 N–H and O–H groups in total. The summed E-state index contributed by atoms with van der Waals surface area (Å²) in [5.41, 5.74) is -8.90. The second-order valence-corrected chi connectivity index (χ2v) is 14.2. The predicted molar refractivity (Wildman–Crippen MR) is 216 cm³/mol. The first-order valence-electron chi connectivity index (χ1n) is 19.0. The second kappa shape index (κ2) is 18.1. The maximum Gasteiger partial charge on any atom is 0.339 e. The molecule has 8 atom stereocenters. The Balaban J connectivity index is 1.22. The molecule has 0 amide bonds. The number of carbonyl (C=O) groups excluding carboxylic acids is 3. The number of hydrogen-bond donors (Lipinski definition) is 4. The van der Waals surface area contributed by atoms with Crippen LogP contribution in [0.2, 0.25) is 0 Å². The van der Waals surface area contributed by atoms with Crippen molar-refractivity contribution in [2.24, 2.45) is 0 Å². The molecule has 322 valence electrons. The molecule has 2 aliphatic heterocycles. The van der Waals surface area contributed by atoms with E-state index in [1.165, 1.54) is 36.4 Å². The summed E-state index contributed by atoms with van der Waals surface area (Å²) in [5, 5.41) is 22.1. The standard InChI is InChI=1S/C44H36N4O15/c1-3-43(57)33(50)30(60-39(43)47-21-20-32(49)45-41(47)55)24-58-23-29-22-48(42(56)46-35(29)51)40-44(4-2,63-38(54)28-18-12-7-13-19-28)34(62-37(53)27-16-10-6-11-17-27)31(61-40)25-59-36(52)26-14-8-5-9-15-26/h1-2,5-22,30-31,33-34,39-40,50,57H,23-25H2,(H,45,49,55)(H,46,51,56). The molecule has 2 aromatic heterocycles. The van der Waals surface area contributed by atoms with Crippen LogP contribution in [0.3, 0.4) is 0 Å². The average Bonchev–Trinajstić information content (AvgIpc) is 3.72. The van der Waals surface area contributed by atoms with Gasteiger partial charge in [0, 0.05) is 18.5 Å². The number of nitrogens with one attached hydrogen (secondary N) is 2. The lowest BCUT2D eigenvalue weighted by molar-refractivity contribution is -0.0902. The third kappa shape index (κ3) is 8.63. The monoisotopic (exact) mass is 860 g/mol. The molecule has 5 aromatic rings. The van der Waals surface area contributed by atoms with Crippen LogP contribution in [0, 0.1) is 24.7 Å². The van der Waals surface area contributed by atoms with E-state index in [1.807, 2.05) is 10.9 Å². The Morgan fingerprint density at radius 1 is 0.714 bits per heavy atom. The molecule has 2 saturated heterocycles. The van der Waals surface area contributed by atoms with E-state index < -0.39 is 108 Å². The molecule has 8 unspecified atom stereocenters. The van der Waals surface area contributed by atoms with E-state index in [0.717, 1.165) is 27.6 Å². The third-order valence-corrected chi connectivity index (χ3v) is 10.2. The first-order chi connectivity index (χ1) is 30.3. The fraction of sp³-hybridized carbons (Fsp3) is 0.250. The summed E-state index contributed by atoms with van der Waals surface area (Å²) < 4.78 is 36.8. The summed E-state index contributed by atoms with van der Waals surface area (Å²) in [6.07, 6.45) is 3.57. The van der Waals surface area contributed by atoms with Gasteiger partial charge in [-0.25, -0.2) is 24.0 Å². The van der Waals surface area contributed by atoms with E-state index in [2.05, 4.69) is 10.9 Å². The Labute approximate surface area is 355 Å². The molecule has 19 heteroatoms. The molecule has 0 bridgehead atoms. The lowest BCUT2D eigenvalue weighted by atomic mass is 9.93. The van der Waals surface area contributed by atoms with Crippen LogP contribution in [0.1, 0.15) is 49.1 Å². The van der Waals surface area contributed by atoms with Crippen molar-refractivity contribution in [3.05, 3.63) is 173 Å². The largest absolute Gasteiger partial charge is 0.459 e. The molecule has 63 heavy (non-hydrogen) atoms. The van der Waals surface area contributed by atoms with E-state index in [4.69, 9.17) is 41.3 Å². The van der Waals surface area contributed by atoms with Gasteiger partial charge in [-0.2, -0.15) is 0 Å². The van der Waals surface area contributed by atoms with Crippen LogP contribution in [0.25, 0.3) is 0 Å². The van der Waals surface area contributed by atoms with Gasteiger partial charge in [-0.15, -0.1) is 12.8 Å². The maximum absolute atomic E-state index is 13.9. The molecule has 2 fully saturated rings. The van der Waals surface area contributed by atoms with Crippen LogP contribution in [-0.2, 0) is 35.0 Å². The van der Waals surface area contributed by atoms with Gasteiger partial charge in [0.15, 0.2) is 24.2 Å². The van der Waals surface area contributed by atoms with Crippen molar-refractivity contribution in [2.45, 2.75) is 54.7 Å². The number of rotatable bonds is 13. The highest BCUT2D eigenvalue weighted by Crippen LogP contribution is 2.44. The number of H-pyrrole nitrogens is 2. The van der Waals surface area contributed by atoms with Crippen LogP contribution >= 0.6 is 0 Å². The highest BCUT2D eigenvalue weighted by Gasteiger charge is 2.63. The molecule has 0 aliphatic carbocycles. The van der Waals surface area contributed by atoms with Crippen LogP contribution in [0.4, 0.5) is 0 Å². The van der Waals surface area contributed by atoms with Crippen LogP contribution < -0.4 is 22.5 Å². The Kier molecular flexibility index (Phi) is 12.5. The molecule has 7 rings (SSSR count). The van der Waals surface area contributed by atoms with E-state index in [1.54, 1.807) is 54.6 Å². The lowest BCUT2D eigenvalue weighted by Gasteiger charge is -2.33. The van der Waals surface area contributed by atoms with Gasteiger partial charge in [0.2, 0.25) is 0 Å². The number of aliphatic hydroxyl groups is 2. The van der Waals surface area contributed by atoms with Gasteiger partial charge in [0.25, 0.3) is 16.7 Å². The minimum Gasteiger partial charge on any atom is -0.459 e. The maximum atomic E-state index is 13.9. The Morgan fingerprint density at radius 3 is 1.87 bits per heavy atom. The number of esters is 3. The number of terminal acetylenes is 2. The Bertz CT molecular complexity index is 2830. The minimum atomic E-state index is -2.52. The van der Waals surface area contributed by atoms with Gasteiger partial charge >= 0.3 is 29.3 Å². The molecule has 0 saturated carbocycles. The van der Waals surface area contributed by atoms with Gasteiger partial charge in [-0.3, -0.25) is 28.7 Å². The zero-order valence-electron chi connectivity index (χ0n) is 32.7. The number of carbonyl (C=O) groups is 3. The van der Waals surface area contributed by atoms with Crippen molar-refractivity contribution in [3.8, 4) is 24.7 Å². The van der Waals surface area contributed by atoms with E-state index in [-0.39, 0.29) is 22.3 Å². The average molecular weight is 861 g/mol. The molecule has 0 radical (unpaired) electrons. The fourth-order valence-corrected chi connectivity index (χ4v) is 7.01. The van der Waals surface area contributed by atoms with Crippen molar-refractivity contribution in [1.29, 1.82) is 0 Å². The zero-order chi connectivity index (χ0) is 44.9. The zero-order valence-corrected chi connectivity index (χ0v) is 32.7. The Hall–Kier alpha value is -7.65. The summed E-state index contributed by atoms with van der Waals surface area (Å²) in [6.45, 7) is -1.84. The van der Waals surface area contributed by atoms with E-state index in [0.29, 0.717) is 0 Å². The number of aromatic nitrogens is 4. The summed E-state index contributed by atoms with van der Waals surface area (Å²) in [6, 6.07) is 24.1. The SMILES string of the molecule is C#CC1(O)C(O)C(COCc2cn(C3OC(COC(=O)c4ccccc4)C(OC(=O)c4ccccc4)C3(C#C)OC(=O)c3ccccc3)c(=O)[nH]c2=O)OC1n1ccc(=O)[nH]c1=O.